The Hall–Kier alpha value is -2.14. The number of hydrogen-bond acceptors (Lipinski definition) is 4. The SMILES string of the molecule is CCN(CC)c1cc(C(=O)Nc2cc(Cl)ccc2C)ncn1. The van der Waals surface area contributed by atoms with Gasteiger partial charge in [0.2, 0.25) is 0 Å². The average Bonchev–Trinajstić information content (AvgIpc) is 2.52. The molecule has 2 aromatic rings. The van der Waals surface area contributed by atoms with Gasteiger partial charge in [-0.2, -0.15) is 0 Å². The molecule has 1 heterocycles. The van der Waals surface area contributed by atoms with Gasteiger partial charge in [-0.15, -0.1) is 0 Å². The first-order valence-corrected chi connectivity index (χ1v) is 7.57. The third kappa shape index (κ3) is 3.74. The summed E-state index contributed by atoms with van der Waals surface area (Å²) in [5.41, 5.74) is 1.95. The normalized spacial score (nSPS) is 10.4. The maximum Gasteiger partial charge on any atom is 0.274 e. The molecule has 0 aliphatic carbocycles. The minimum absolute atomic E-state index is 0.277. The van der Waals surface area contributed by atoms with Crippen LogP contribution in [0.4, 0.5) is 11.5 Å². The Kier molecular flexibility index (Phi) is 5.33. The highest BCUT2D eigenvalue weighted by Crippen LogP contribution is 2.21. The molecule has 1 N–H and O–H groups in total. The van der Waals surface area contributed by atoms with Crippen molar-refractivity contribution in [2.75, 3.05) is 23.3 Å². The van der Waals surface area contributed by atoms with Crippen LogP contribution in [0, 0.1) is 6.92 Å². The fraction of sp³-hybridized carbons (Fsp3) is 0.312. The average molecular weight is 319 g/mol. The minimum atomic E-state index is -0.277. The van der Waals surface area contributed by atoms with Crippen molar-refractivity contribution in [1.29, 1.82) is 0 Å². The predicted molar refractivity (Wildman–Crippen MR) is 89.7 cm³/mol. The van der Waals surface area contributed by atoms with E-state index in [0.29, 0.717) is 16.4 Å². The molecule has 0 saturated carbocycles. The van der Waals surface area contributed by atoms with Crippen molar-refractivity contribution in [3.8, 4) is 0 Å². The summed E-state index contributed by atoms with van der Waals surface area (Å²) < 4.78 is 0. The van der Waals surface area contributed by atoms with Crippen LogP contribution in [-0.2, 0) is 0 Å². The van der Waals surface area contributed by atoms with Gasteiger partial charge < -0.3 is 10.2 Å². The van der Waals surface area contributed by atoms with Crippen LogP contribution in [-0.4, -0.2) is 29.0 Å². The number of benzene rings is 1. The molecule has 6 heteroatoms. The van der Waals surface area contributed by atoms with Gasteiger partial charge in [0, 0.05) is 29.9 Å². The topological polar surface area (TPSA) is 58.1 Å². The van der Waals surface area contributed by atoms with E-state index in [1.165, 1.54) is 6.33 Å². The van der Waals surface area contributed by atoms with E-state index in [1.807, 2.05) is 26.8 Å². The van der Waals surface area contributed by atoms with Crippen LogP contribution >= 0.6 is 11.6 Å². The highest BCUT2D eigenvalue weighted by Gasteiger charge is 2.12. The van der Waals surface area contributed by atoms with Crippen LogP contribution in [0.25, 0.3) is 0 Å². The molecule has 1 amide bonds. The maximum absolute atomic E-state index is 12.4. The molecule has 116 valence electrons. The smallest absolute Gasteiger partial charge is 0.274 e. The van der Waals surface area contributed by atoms with Crippen molar-refractivity contribution in [1.82, 2.24) is 9.97 Å². The zero-order valence-electron chi connectivity index (χ0n) is 12.9. The Balaban J connectivity index is 2.23. The number of nitrogens with zero attached hydrogens (tertiary/aromatic N) is 3. The molecule has 0 radical (unpaired) electrons. The fourth-order valence-corrected chi connectivity index (χ4v) is 2.28. The molecule has 1 aromatic carbocycles. The number of amides is 1. The zero-order valence-corrected chi connectivity index (χ0v) is 13.7. The van der Waals surface area contributed by atoms with Crippen LogP contribution in [0.3, 0.4) is 0 Å². The molecule has 0 saturated heterocycles. The molecule has 0 spiro atoms. The van der Waals surface area contributed by atoms with E-state index in [0.717, 1.165) is 24.5 Å². The van der Waals surface area contributed by atoms with E-state index in [9.17, 15) is 4.79 Å². The molecule has 0 bridgehead atoms. The molecule has 0 atom stereocenters. The van der Waals surface area contributed by atoms with Crippen molar-refractivity contribution in [2.45, 2.75) is 20.8 Å². The Bertz CT molecular complexity index is 671. The number of halogens is 1. The van der Waals surface area contributed by atoms with Crippen LogP contribution < -0.4 is 10.2 Å². The number of anilines is 2. The Morgan fingerprint density at radius 2 is 1.95 bits per heavy atom. The highest BCUT2D eigenvalue weighted by molar-refractivity contribution is 6.31. The van der Waals surface area contributed by atoms with Gasteiger partial charge in [-0.1, -0.05) is 17.7 Å². The molecular weight excluding hydrogens is 300 g/mol. The number of hydrogen-bond donors (Lipinski definition) is 1. The second-order valence-electron chi connectivity index (χ2n) is 4.85. The Labute approximate surface area is 135 Å². The van der Waals surface area contributed by atoms with Crippen molar-refractivity contribution < 1.29 is 4.79 Å². The Morgan fingerprint density at radius 3 is 2.64 bits per heavy atom. The summed E-state index contributed by atoms with van der Waals surface area (Å²) in [5.74, 6) is 0.467. The molecule has 22 heavy (non-hydrogen) atoms. The predicted octanol–water partition coefficient (Wildman–Crippen LogP) is 3.54. The summed E-state index contributed by atoms with van der Waals surface area (Å²) in [7, 11) is 0. The van der Waals surface area contributed by atoms with Crippen LogP contribution in [0.15, 0.2) is 30.6 Å². The first-order chi connectivity index (χ1) is 10.5. The van der Waals surface area contributed by atoms with E-state index in [4.69, 9.17) is 11.6 Å². The van der Waals surface area contributed by atoms with Gasteiger partial charge in [0.15, 0.2) is 0 Å². The van der Waals surface area contributed by atoms with Gasteiger partial charge in [0.25, 0.3) is 5.91 Å². The molecule has 5 nitrogen and oxygen atoms in total. The lowest BCUT2D eigenvalue weighted by atomic mass is 10.2. The van der Waals surface area contributed by atoms with Crippen molar-refractivity contribution in [2.24, 2.45) is 0 Å². The highest BCUT2D eigenvalue weighted by atomic mass is 35.5. The standard InChI is InChI=1S/C16H19ClN4O/c1-4-21(5-2)15-9-14(18-10-19-15)16(22)20-13-8-12(17)7-6-11(13)3/h6-10H,4-5H2,1-3H3,(H,20,22). The molecule has 0 unspecified atom stereocenters. The third-order valence-electron chi connectivity index (χ3n) is 3.42. The lowest BCUT2D eigenvalue weighted by molar-refractivity contribution is 0.102. The second-order valence-corrected chi connectivity index (χ2v) is 5.28. The number of nitrogens with one attached hydrogen (secondary N) is 1. The molecule has 0 fully saturated rings. The fourth-order valence-electron chi connectivity index (χ4n) is 2.11. The summed E-state index contributed by atoms with van der Waals surface area (Å²) in [4.78, 5) is 22.7. The second kappa shape index (κ2) is 7.22. The van der Waals surface area contributed by atoms with E-state index in [-0.39, 0.29) is 5.91 Å². The maximum atomic E-state index is 12.4. The zero-order chi connectivity index (χ0) is 16.1. The molecule has 0 aliphatic rings. The lowest BCUT2D eigenvalue weighted by Crippen LogP contribution is -2.24. The van der Waals surface area contributed by atoms with Gasteiger partial charge in [-0.25, -0.2) is 9.97 Å². The summed E-state index contributed by atoms with van der Waals surface area (Å²) in [5, 5.41) is 3.41. The number of carbonyl (C=O) groups excluding carboxylic acids is 1. The quantitative estimate of drug-likeness (QED) is 0.916. The van der Waals surface area contributed by atoms with Crippen molar-refractivity contribution in [3.63, 3.8) is 0 Å². The Morgan fingerprint density at radius 1 is 1.23 bits per heavy atom. The van der Waals surface area contributed by atoms with Gasteiger partial charge in [-0.05, 0) is 38.5 Å². The van der Waals surface area contributed by atoms with Crippen LogP contribution in [0.1, 0.15) is 29.9 Å². The molecule has 0 aliphatic heterocycles. The van der Waals surface area contributed by atoms with Gasteiger partial charge in [0.1, 0.15) is 17.8 Å². The first kappa shape index (κ1) is 16.2. The largest absolute Gasteiger partial charge is 0.357 e. The first-order valence-electron chi connectivity index (χ1n) is 7.19. The van der Waals surface area contributed by atoms with Crippen molar-refractivity contribution in [3.05, 3.63) is 46.9 Å². The minimum Gasteiger partial charge on any atom is -0.357 e. The van der Waals surface area contributed by atoms with Crippen molar-refractivity contribution >= 4 is 29.0 Å². The number of rotatable bonds is 5. The molecule has 2 rings (SSSR count). The summed E-state index contributed by atoms with van der Waals surface area (Å²) in [6, 6.07) is 7.07. The summed E-state index contributed by atoms with van der Waals surface area (Å²) >= 11 is 5.97. The lowest BCUT2D eigenvalue weighted by Gasteiger charge is -2.19. The number of carbonyl (C=O) groups is 1. The summed E-state index contributed by atoms with van der Waals surface area (Å²) in [6.45, 7) is 7.64. The van der Waals surface area contributed by atoms with E-state index in [1.54, 1.807) is 18.2 Å². The number of aromatic nitrogens is 2. The van der Waals surface area contributed by atoms with E-state index < -0.39 is 0 Å². The van der Waals surface area contributed by atoms with Gasteiger partial charge in [-0.3, -0.25) is 4.79 Å². The van der Waals surface area contributed by atoms with Gasteiger partial charge in [0.05, 0.1) is 0 Å². The molecular formula is C16H19ClN4O. The van der Waals surface area contributed by atoms with Crippen LogP contribution in [0.2, 0.25) is 5.02 Å². The monoisotopic (exact) mass is 318 g/mol. The number of aryl methyl sites for hydroxylation is 1. The summed E-state index contributed by atoms with van der Waals surface area (Å²) in [6.07, 6.45) is 1.41. The van der Waals surface area contributed by atoms with Crippen LogP contribution in [0.5, 0.6) is 0 Å². The van der Waals surface area contributed by atoms with E-state index in [2.05, 4.69) is 20.2 Å². The van der Waals surface area contributed by atoms with Gasteiger partial charge >= 0.3 is 0 Å². The third-order valence-corrected chi connectivity index (χ3v) is 3.66. The van der Waals surface area contributed by atoms with E-state index >= 15 is 0 Å². The molecule has 1 aromatic heterocycles.